The summed E-state index contributed by atoms with van der Waals surface area (Å²) in [4.78, 5) is 11.7. The molecule has 1 aliphatic carbocycles. The number of halogens is 1. The molecule has 1 fully saturated rings. The normalized spacial score (nSPS) is 16.8. The first-order valence-corrected chi connectivity index (χ1v) is 8.02. The number of nitrogens with two attached hydrogens (primary N) is 1. The summed E-state index contributed by atoms with van der Waals surface area (Å²) < 4.78 is 25.1. The summed E-state index contributed by atoms with van der Waals surface area (Å²) in [5.41, 5.74) is 5.56. The van der Waals surface area contributed by atoms with Crippen molar-refractivity contribution >= 4 is 28.3 Å². The maximum atomic E-state index is 11.9. The Balaban J connectivity index is 0.00000324. The molecule has 1 rings (SSSR count). The van der Waals surface area contributed by atoms with Crippen LogP contribution in [0.25, 0.3) is 0 Å². The first kappa shape index (κ1) is 18.6. The average molecular weight is 314 g/mol. The van der Waals surface area contributed by atoms with E-state index in [1.54, 1.807) is 13.8 Å². The number of rotatable bonds is 8. The van der Waals surface area contributed by atoms with Gasteiger partial charge in [0.05, 0.1) is 0 Å². The maximum Gasteiger partial charge on any atom is 0.236 e. The smallest absolute Gasteiger partial charge is 0.236 e. The van der Waals surface area contributed by atoms with Crippen LogP contribution in [0.5, 0.6) is 0 Å². The molecule has 0 saturated heterocycles. The van der Waals surface area contributed by atoms with E-state index in [0.717, 1.165) is 12.8 Å². The molecule has 0 bridgehead atoms. The third-order valence-corrected chi connectivity index (χ3v) is 5.13. The van der Waals surface area contributed by atoms with E-state index >= 15 is 0 Å². The number of nitrogens with one attached hydrogen (secondary N) is 1. The molecule has 0 aliphatic heterocycles. The van der Waals surface area contributed by atoms with Gasteiger partial charge in [-0.3, -0.25) is 4.79 Å². The first-order chi connectivity index (χ1) is 8.44. The van der Waals surface area contributed by atoms with Crippen molar-refractivity contribution in [2.75, 3.05) is 25.4 Å². The molecule has 3 N–H and O–H groups in total. The molecule has 0 aromatic carbocycles. The van der Waals surface area contributed by atoms with E-state index < -0.39 is 21.7 Å². The molecule has 0 aromatic rings. The highest BCUT2D eigenvalue weighted by Gasteiger charge is 2.32. The number of sulfonamides is 1. The van der Waals surface area contributed by atoms with Gasteiger partial charge in [0.2, 0.25) is 15.9 Å². The van der Waals surface area contributed by atoms with Crippen LogP contribution in [0.1, 0.15) is 26.7 Å². The number of carbonyl (C=O) groups excluding carboxylic acids is 1. The van der Waals surface area contributed by atoms with Crippen LogP contribution in [0.4, 0.5) is 0 Å². The van der Waals surface area contributed by atoms with Crippen molar-refractivity contribution in [2.24, 2.45) is 11.7 Å². The van der Waals surface area contributed by atoms with E-state index in [-0.39, 0.29) is 18.4 Å². The van der Waals surface area contributed by atoms with Gasteiger partial charge in [0.15, 0.2) is 0 Å². The fourth-order valence-corrected chi connectivity index (χ4v) is 3.37. The van der Waals surface area contributed by atoms with Crippen molar-refractivity contribution in [3.05, 3.63) is 0 Å². The molecule has 8 heteroatoms. The van der Waals surface area contributed by atoms with Gasteiger partial charge in [0.1, 0.15) is 5.75 Å². The Morgan fingerprint density at radius 1 is 1.37 bits per heavy atom. The molecule has 1 unspecified atom stereocenters. The lowest BCUT2D eigenvalue weighted by atomic mass is 10.2. The van der Waals surface area contributed by atoms with Crippen LogP contribution in [-0.4, -0.2) is 50.1 Å². The van der Waals surface area contributed by atoms with Crippen LogP contribution in [0.15, 0.2) is 0 Å². The van der Waals surface area contributed by atoms with Crippen LogP contribution in [0, 0.1) is 5.92 Å². The molecule has 1 saturated carbocycles. The van der Waals surface area contributed by atoms with Crippen LogP contribution in [-0.2, 0) is 14.8 Å². The maximum absolute atomic E-state index is 11.9. The zero-order chi connectivity index (χ0) is 13.8. The third kappa shape index (κ3) is 5.64. The average Bonchev–Trinajstić information content (AvgIpc) is 3.10. The van der Waals surface area contributed by atoms with Gasteiger partial charge in [0, 0.05) is 25.7 Å². The highest BCUT2D eigenvalue weighted by molar-refractivity contribution is 7.89. The fraction of sp³-hybridized carbons (Fsp3) is 0.909. The summed E-state index contributed by atoms with van der Waals surface area (Å²) in [6, 6.07) is -0.0793. The summed E-state index contributed by atoms with van der Waals surface area (Å²) in [6.45, 7) is 4.64. The molecule has 0 spiro atoms. The van der Waals surface area contributed by atoms with Crippen LogP contribution in [0.3, 0.4) is 0 Å². The number of nitrogens with zero attached hydrogens (tertiary/aromatic N) is 1. The van der Waals surface area contributed by atoms with Gasteiger partial charge in [-0.05, 0) is 18.8 Å². The summed E-state index contributed by atoms with van der Waals surface area (Å²) in [5.74, 6) is -0.517. The highest BCUT2D eigenvalue weighted by atomic mass is 35.5. The zero-order valence-corrected chi connectivity index (χ0v) is 13.1. The quantitative estimate of drug-likeness (QED) is 0.656. The molecular formula is C11H24ClN3O3S. The third-order valence-electron chi connectivity index (χ3n) is 3.20. The van der Waals surface area contributed by atoms with E-state index in [0.29, 0.717) is 25.6 Å². The van der Waals surface area contributed by atoms with Crippen molar-refractivity contribution in [3.63, 3.8) is 0 Å². The minimum absolute atomic E-state index is 0. The van der Waals surface area contributed by atoms with Crippen LogP contribution < -0.4 is 11.1 Å². The minimum atomic E-state index is -3.50. The number of hydrogen-bond acceptors (Lipinski definition) is 4. The zero-order valence-electron chi connectivity index (χ0n) is 11.5. The largest absolute Gasteiger partial charge is 0.351 e. The van der Waals surface area contributed by atoms with Gasteiger partial charge >= 0.3 is 0 Å². The molecule has 1 aliphatic rings. The van der Waals surface area contributed by atoms with Crippen LogP contribution >= 0.6 is 12.4 Å². The molecule has 1 amide bonds. The predicted octanol–water partition coefficient (Wildman–Crippen LogP) is -0.0667. The van der Waals surface area contributed by atoms with E-state index in [9.17, 15) is 13.2 Å². The van der Waals surface area contributed by atoms with Crippen molar-refractivity contribution in [2.45, 2.75) is 32.7 Å². The second-order valence-electron chi connectivity index (χ2n) is 4.59. The van der Waals surface area contributed by atoms with Gasteiger partial charge in [-0.15, -0.1) is 12.4 Å². The Labute approximate surface area is 121 Å². The number of amides is 1. The lowest BCUT2D eigenvalue weighted by Gasteiger charge is -2.20. The topological polar surface area (TPSA) is 92.5 Å². The Morgan fingerprint density at radius 3 is 2.26 bits per heavy atom. The molecule has 0 radical (unpaired) electrons. The van der Waals surface area contributed by atoms with Crippen LogP contribution in [0.2, 0.25) is 0 Å². The van der Waals surface area contributed by atoms with E-state index in [4.69, 9.17) is 5.73 Å². The Kier molecular flexibility index (Phi) is 7.88. The molecular weight excluding hydrogens is 290 g/mol. The van der Waals surface area contributed by atoms with E-state index in [1.165, 1.54) is 4.31 Å². The highest BCUT2D eigenvalue weighted by Crippen LogP contribution is 2.32. The first-order valence-electron chi connectivity index (χ1n) is 6.41. The van der Waals surface area contributed by atoms with Crippen molar-refractivity contribution in [3.8, 4) is 0 Å². The van der Waals surface area contributed by atoms with Gasteiger partial charge in [0.25, 0.3) is 0 Å². The summed E-state index contributed by atoms with van der Waals surface area (Å²) in [5, 5.41) is 2.72. The lowest BCUT2D eigenvalue weighted by molar-refractivity contribution is -0.119. The Morgan fingerprint density at radius 2 is 1.89 bits per heavy atom. The van der Waals surface area contributed by atoms with Crippen molar-refractivity contribution < 1.29 is 13.2 Å². The SMILES string of the molecule is CCN(CC)S(=O)(=O)CC(=O)NC(CN)C1CC1.Cl. The minimum Gasteiger partial charge on any atom is -0.351 e. The van der Waals surface area contributed by atoms with Gasteiger partial charge < -0.3 is 11.1 Å². The molecule has 0 aromatic heterocycles. The summed E-state index contributed by atoms with van der Waals surface area (Å²) in [6.07, 6.45) is 2.12. The number of carbonyl (C=O) groups is 1. The molecule has 0 heterocycles. The summed E-state index contributed by atoms with van der Waals surface area (Å²) >= 11 is 0. The van der Waals surface area contributed by atoms with Gasteiger partial charge in [-0.2, -0.15) is 0 Å². The Hall–Kier alpha value is -0.370. The molecule has 114 valence electrons. The van der Waals surface area contributed by atoms with Crippen molar-refractivity contribution in [1.29, 1.82) is 0 Å². The van der Waals surface area contributed by atoms with E-state index in [1.807, 2.05) is 0 Å². The molecule has 6 nitrogen and oxygen atoms in total. The summed E-state index contributed by atoms with van der Waals surface area (Å²) in [7, 11) is -3.50. The lowest BCUT2D eigenvalue weighted by Crippen LogP contribution is -2.46. The predicted molar refractivity (Wildman–Crippen MR) is 77.7 cm³/mol. The second kappa shape index (κ2) is 8.04. The van der Waals surface area contributed by atoms with E-state index in [2.05, 4.69) is 5.32 Å². The van der Waals surface area contributed by atoms with Crippen molar-refractivity contribution in [1.82, 2.24) is 9.62 Å². The van der Waals surface area contributed by atoms with Gasteiger partial charge in [-0.25, -0.2) is 12.7 Å². The monoisotopic (exact) mass is 313 g/mol. The molecule has 1 atom stereocenters. The fourth-order valence-electron chi connectivity index (χ4n) is 1.99. The second-order valence-corrected chi connectivity index (χ2v) is 6.56. The Bertz CT molecular complexity index is 381. The standard InChI is InChI=1S/C11H23N3O3S.ClH/c1-3-14(4-2)18(16,17)8-11(15)13-10(7-12)9-5-6-9;/h9-10H,3-8,12H2,1-2H3,(H,13,15);1H. The van der Waals surface area contributed by atoms with Gasteiger partial charge in [-0.1, -0.05) is 13.8 Å². The number of hydrogen-bond donors (Lipinski definition) is 2. The molecule has 19 heavy (non-hydrogen) atoms.